The van der Waals surface area contributed by atoms with Crippen molar-refractivity contribution >= 4 is 0 Å². The highest BCUT2D eigenvalue weighted by Gasteiger charge is 2.00. The Kier molecular flexibility index (Phi) is 1.33. The van der Waals surface area contributed by atoms with Gasteiger partial charge in [0.2, 0.25) is 0 Å². The van der Waals surface area contributed by atoms with Crippen molar-refractivity contribution < 1.29 is 0 Å². The van der Waals surface area contributed by atoms with Crippen LogP contribution in [0.25, 0.3) is 0 Å². The minimum absolute atomic E-state index is 0.694. The number of hydrogen-bond donors (Lipinski definition) is 2. The van der Waals surface area contributed by atoms with Crippen molar-refractivity contribution in [1.82, 2.24) is 0 Å². The zero-order valence-corrected chi connectivity index (χ0v) is 3.94. The maximum atomic E-state index is 5.19. The molecule has 0 saturated carbocycles. The molecular weight excluding hydrogens is 76.1 g/mol. The first-order valence-corrected chi connectivity index (χ1v) is 1.77. The molecule has 0 aliphatic heterocycles. The van der Waals surface area contributed by atoms with Crippen LogP contribution < -0.4 is 11.5 Å². The molecule has 0 aromatic rings. The summed E-state index contributed by atoms with van der Waals surface area (Å²) < 4.78 is 0. The molecule has 4 N–H and O–H groups in total. The molecule has 0 spiro atoms. The number of nitrogens with two attached hydrogens (primary N) is 2. The SMILES string of the molecule is C=CC(C)(N)N. The molecule has 0 unspecified atom stereocenters. The average Bonchev–Trinajstić information content (AvgIpc) is 1.35. The van der Waals surface area contributed by atoms with E-state index in [0.717, 1.165) is 0 Å². The van der Waals surface area contributed by atoms with Crippen molar-refractivity contribution in [3.05, 3.63) is 12.7 Å². The van der Waals surface area contributed by atoms with Crippen LogP contribution in [0.2, 0.25) is 0 Å². The molecule has 2 nitrogen and oxygen atoms in total. The molecule has 0 heterocycles. The van der Waals surface area contributed by atoms with Gasteiger partial charge in [0.25, 0.3) is 0 Å². The van der Waals surface area contributed by atoms with Crippen LogP contribution in [0.4, 0.5) is 0 Å². The summed E-state index contributed by atoms with van der Waals surface area (Å²) in [5.74, 6) is 0. The predicted octanol–water partition coefficient (Wildman–Crippen LogP) is -0.194. The first-order valence-electron chi connectivity index (χ1n) is 1.77. The molecule has 0 rings (SSSR count). The molecule has 0 aromatic heterocycles. The minimum Gasteiger partial charge on any atom is -0.310 e. The molecule has 0 fully saturated rings. The van der Waals surface area contributed by atoms with Gasteiger partial charge >= 0.3 is 0 Å². The quantitative estimate of drug-likeness (QED) is 0.343. The van der Waals surface area contributed by atoms with Crippen molar-refractivity contribution in [2.24, 2.45) is 11.5 Å². The second-order valence-electron chi connectivity index (χ2n) is 1.57. The third-order valence-corrected chi connectivity index (χ3v) is 0.440. The Bertz CT molecular complexity index is 51.1. The lowest BCUT2D eigenvalue weighted by atomic mass is 10.2. The highest BCUT2D eigenvalue weighted by Crippen LogP contribution is 1.83. The summed E-state index contributed by atoms with van der Waals surface area (Å²) in [4.78, 5) is 0. The van der Waals surface area contributed by atoms with Gasteiger partial charge in [-0.1, -0.05) is 12.7 Å². The Morgan fingerprint density at radius 1 is 1.67 bits per heavy atom. The fraction of sp³-hybridized carbons (Fsp3) is 0.500. The van der Waals surface area contributed by atoms with E-state index < -0.39 is 5.66 Å². The van der Waals surface area contributed by atoms with Crippen molar-refractivity contribution in [3.63, 3.8) is 0 Å². The third-order valence-electron chi connectivity index (χ3n) is 0.440. The van der Waals surface area contributed by atoms with Gasteiger partial charge in [-0.25, -0.2) is 0 Å². The molecule has 0 atom stereocenters. The molecule has 0 aromatic carbocycles. The number of rotatable bonds is 1. The van der Waals surface area contributed by atoms with Gasteiger partial charge in [-0.3, -0.25) is 0 Å². The Hall–Kier alpha value is -0.340. The van der Waals surface area contributed by atoms with E-state index in [1.807, 2.05) is 0 Å². The van der Waals surface area contributed by atoms with E-state index in [2.05, 4.69) is 6.58 Å². The molecule has 0 aliphatic carbocycles. The van der Waals surface area contributed by atoms with Gasteiger partial charge in [0, 0.05) is 0 Å². The van der Waals surface area contributed by atoms with E-state index in [0.29, 0.717) is 0 Å². The molecule has 2 heteroatoms. The summed E-state index contributed by atoms with van der Waals surface area (Å²) >= 11 is 0. The van der Waals surface area contributed by atoms with Crippen LogP contribution in [0, 0.1) is 0 Å². The maximum absolute atomic E-state index is 5.19. The molecule has 0 bridgehead atoms. The molecule has 0 amide bonds. The monoisotopic (exact) mass is 86.1 g/mol. The van der Waals surface area contributed by atoms with Gasteiger partial charge in [-0.05, 0) is 6.92 Å². The molecule has 6 heavy (non-hydrogen) atoms. The zero-order valence-electron chi connectivity index (χ0n) is 3.94. The molecular formula is C4H10N2. The van der Waals surface area contributed by atoms with Crippen LogP contribution in [0.1, 0.15) is 6.92 Å². The van der Waals surface area contributed by atoms with Crippen molar-refractivity contribution in [3.8, 4) is 0 Å². The highest BCUT2D eigenvalue weighted by molar-refractivity contribution is 4.89. The zero-order chi connectivity index (χ0) is 5.21. The van der Waals surface area contributed by atoms with Crippen LogP contribution in [0.3, 0.4) is 0 Å². The van der Waals surface area contributed by atoms with Crippen LogP contribution in [-0.4, -0.2) is 5.66 Å². The van der Waals surface area contributed by atoms with E-state index in [-0.39, 0.29) is 0 Å². The lowest BCUT2D eigenvalue weighted by molar-refractivity contribution is 0.619. The van der Waals surface area contributed by atoms with Gasteiger partial charge in [0.05, 0.1) is 5.66 Å². The van der Waals surface area contributed by atoms with Gasteiger partial charge in [0.15, 0.2) is 0 Å². The van der Waals surface area contributed by atoms with Crippen LogP contribution in [-0.2, 0) is 0 Å². The fourth-order valence-electron chi connectivity index (χ4n) is 0. The normalized spacial score (nSPS) is 11.2. The summed E-state index contributed by atoms with van der Waals surface area (Å²) in [7, 11) is 0. The Labute approximate surface area is 37.8 Å². The van der Waals surface area contributed by atoms with E-state index in [9.17, 15) is 0 Å². The third kappa shape index (κ3) is 3.66. The van der Waals surface area contributed by atoms with Gasteiger partial charge in [-0.2, -0.15) is 0 Å². The largest absolute Gasteiger partial charge is 0.310 e. The van der Waals surface area contributed by atoms with Crippen LogP contribution in [0.15, 0.2) is 12.7 Å². The average molecular weight is 86.1 g/mol. The molecule has 0 saturated heterocycles. The topological polar surface area (TPSA) is 52.0 Å². The second-order valence-corrected chi connectivity index (χ2v) is 1.57. The molecule has 0 aliphatic rings. The molecule has 36 valence electrons. The van der Waals surface area contributed by atoms with Crippen molar-refractivity contribution in [2.45, 2.75) is 12.6 Å². The van der Waals surface area contributed by atoms with E-state index in [1.165, 1.54) is 6.08 Å². The molecule has 0 radical (unpaired) electrons. The fourth-order valence-corrected chi connectivity index (χ4v) is 0. The van der Waals surface area contributed by atoms with E-state index in [1.54, 1.807) is 6.92 Å². The summed E-state index contributed by atoms with van der Waals surface area (Å²) in [6, 6.07) is 0. The second kappa shape index (κ2) is 1.41. The Balaban J connectivity index is 3.45. The summed E-state index contributed by atoms with van der Waals surface area (Å²) in [6.45, 7) is 5.06. The first kappa shape index (κ1) is 5.66. The predicted molar refractivity (Wildman–Crippen MR) is 27.0 cm³/mol. The number of hydrogen-bond acceptors (Lipinski definition) is 2. The van der Waals surface area contributed by atoms with E-state index >= 15 is 0 Å². The van der Waals surface area contributed by atoms with E-state index in [4.69, 9.17) is 11.5 Å². The summed E-state index contributed by atoms with van der Waals surface area (Å²) in [5, 5.41) is 0. The standard InChI is InChI=1S/C4H10N2/c1-3-4(2,5)6/h3H,1,5-6H2,2H3. The smallest absolute Gasteiger partial charge is 0.0796 e. The summed E-state index contributed by atoms with van der Waals surface area (Å²) in [5.41, 5.74) is 9.69. The first-order chi connectivity index (χ1) is 2.56. The van der Waals surface area contributed by atoms with Gasteiger partial charge < -0.3 is 11.5 Å². The van der Waals surface area contributed by atoms with Crippen LogP contribution in [0.5, 0.6) is 0 Å². The van der Waals surface area contributed by atoms with Gasteiger partial charge in [0.1, 0.15) is 0 Å². The Morgan fingerprint density at radius 2 is 1.83 bits per heavy atom. The van der Waals surface area contributed by atoms with Crippen molar-refractivity contribution in [2.75, 3.05) is 0 Å². The lowest BCUT2D eigenvalue weighted by Gasteiger charge is -2.09. The lowest BCUT2D eigenvalue weighted by Crippen LogP contribution is -2.43. The Morgan fingerprint density at radius 3 is 1.83 bits per heavy atom. The van der Waals surface area contributed by atoms with Crippen molar-refractivity contribution in [1.29, 1.82) is 0 Å². The van der Waals surface area contributed by atoms with Gasteiger partial charge in [-0.15, -0.1) is 0 Å². The minimum atomic E-state index is -0.694. The highest BCUT2D eigenvalue weighted by atomic mass is 14.9. The summed E-state index contributed by atoms with van der Waals surface area (Å²) in [6.07, 6.45) is 1.49. The van der Waals surface area contributed by atoms with Crippen LogP contribution >= 0.6 is 0 Å². The maximum Gasteiger partial charge on any atom is 0.0796 e.